The van der Waals surface area contributed by atoms with Gasteiger partial charge in [0.1, 0.15) is 23.9 Å². The van der Waals surface area contributed by atoms with Crippen LogP contribution in [-0.2, 0) is 47.7 Å². The number of benzene rings is 2. The van der Waals surface area contributed by atoms with E-state index in [1.54, 1.807) is 69.3 Å². The van der Waals surface area contributed by atoms with Crippen LogP contribution in [0.1, 0.15) is 96.1 Å². The van der Waals surface area contributed by atoms with Crippen molar-refractivity contribution in [3.8, 4) is 0 Å². The summed E-state index contributed by atoms with van der Waals surface area (Å²) < 4.78 is 30.2. The smallest absolute Gasteiger partial charge is 0.338 e. The molecule has 4 aliphatic rings. The molecule has 11 atom stereocenters. The summed E-state index contributed by atoms with van der Waals surface area (Å²) in [5.74, 6) is -6.60. The van der Waals surface area contributed by atoms with E-state index < -0.39 is 113 Å². The molecule has 1 saturated heterocycles. The summed E-state index contributed by atoms with van der Waals surface area (Å²) in [5, 5.41) is 39.9. The van der Waals surface area contributed by atoms with Crippen LogP contribution in [0.2, 0.25) is 0 Å². The average molecular weight is 820 g/mol. The largest absolute Gasteiger partial charge is 0.456 e. The summed E-state index contributed by atoms with van der Waals surface area (Å²) in [7, 11) is 0. The van der Waals surface area contributed by atoms with E-state index in [0.717, 1.165) is 13.8 Å². The highest BCUT2D eigenvalue weighted by Gasteiger charge is 2.78. The molecule has 1 heterocycles. The lowest BCUT2D eigenvalue weighted by atomic mass is 9.44. The number of aliphatic hydroxyl groups excluding tert-OH is 2. The highest BCUT2D eigenvalue weighted by Crippen LogP contribution is 2.64. The highest BCUT2D eigenvalue weighted by atomic mass is 16.6. The van der Waals surface area contributed by atoms with Gasteiger partial charge >= 0.3 is 23.9 Å². The zero-order chi connectivity index (χ0) is 43.2. The fraction of sp³-hybridized carbons (Fsp3) is 0.545. The molecule has 3 aliphatic carbocycles. The SMILES string of the molecule is CCCC(=O)N[C@@H](c1ccccc1)[C@H](O)C(=O)O[C@@H]1C[C@]2(O)[C@@H](OC(=O)c3ccccc3)[C@@H]3[C@]4(OC(C)=O)CO[C@@H]4C[C@H](O)[C@@]3(C)C(=O)[C@@H](OC(C)=O)C(=C1C)C2(C)C. The van der Waals surface area contributed by atoms with Gasteiger partial charge in [-0.15, -0.1) is 0 Å². The Balaban J connectivity index is 1.55. The van der Waals surface area contributed by atoms with Crippen molar-refractivity contribution in [1.82, 2.24) is 5.32 Å². The maximum atomic E-state index is 15.4. The number of rotatable bonds is 11. The molecular formula is C44H53NO14. The number of Topliss-reactive ketones (excluding diaryl/α,β-unsaturated/α-hetero) is 1. The van der Waals surface area contributed by atoms with Gasteiger partial charge in [0.15, 0.2) is 23.6 Å². The first-order valence-corrected chi connectivity index (χ1v) is 19.9. The lowest BCUT2D eigenvalue weighted by Gasteiger charge is -2.67. The molecule has 0 spiro atoms. The third-order valence-corrected chi connectivity index (χ3v) is 13.0. The van der Waals surface area contributed by atoms with Gasteiger partial charge in [-0.3, -0.25) is 19.2 Å². The molecule has 2 aromatic rings. The molecule has 59 heavy (non-hydrogen) atoms. The topological polar surface area (TPSA) is 221 Å². The Morgan fingerprint density at radius 2 is 1.56 bits per heavy atom. The standard InChI is InChI=1S/C44H53NO14/c1-8-15-31(49)45-33(26-16-11-9-12-17-26)34(50)40(53)57-28-21-44(54)38(58-39(52)27-18-13-10-14-19-27)36-42(7,29(48)20-30-43(36,22-55-30)59-25(4)47)37(51)35(56-24(3)46)32(23(28)2)41(44,5)6/h9-14,16-19,28-30,33-36,38,48,50,54H,8,15,20-22H2,1-7H3,(H,45,49)/t28-,29+,30-,33+,34+,35+,36+,38+,42-,43+,44+/m1/s1. The third kappa shape index (κ3) is 7.36. The zero-order valence-electron chi connectivity index (χ0n) is 34.3. The molecule has 0 aromatic heterocycles. The molecule has 0 unspecified atom stereocenters. The minimum atomic E-state index is -2.37. The quantitative estimate of drug-likeness (QED) is 0.145. The predicted octanol–water partition coefficient (Wildman–Crippen LogP) is 3.22. The van der Waals surface area contributed by atoms with Gasteiger partial charge in [-0.1, -0.05) is 69.3 Å². The highest BCUT2D eigenvalue weighted by molar-refractivity contribution is 5.95. The lowest BCUT2D eigenvalue weighted by molar-refractivity contribution is -0.346. The molecule has 4 N–H and O–H groups in total. The van der Waals surface area contributed by atoms with Crippen molar-refractivity contribution in [2.24, 2.45) is 16.7 Å². The van der Waals surface area contributed by atoms with E-state index in [0.29, 0.717) is 12.0 Å². The molecule has 3 fully saturated rings. The van der Waals surface area contributed by atoms with Crippen molar-refractivity contribution < 1.29 is 67.8 Å². The number of carbonyl (C=O) groups excluding carboxylic acids is 6. The van der Waals surface area contributed by atoms with Crippen LogP contribution < -0.4 is 5.32 Å². The molecule has 2 aromatic carbocycles. The Kier molecular flexibility index (Phi) is 12.0. The van der Waals surface area contributed by atoms with Crippen LogP contribution in [0.4, 0.5) is 0 Å². The first-order chi connectivity index (χ1) is 27.7. The Bertz CT molecular complexity index is 2020. The van der Waals surface area contributed by atoms with Gasteiger partial charge in [-0.2, -0.15) is 0 Å². The first kappa shape index (κ1) is 43.6. The molecular weight excluding hydrogens is 766 g/mol. The van der Waals surface area contributed by atoms with E-state index in [1.807, 2.05) is 0 Å². The minimum Gasteiger partial charge on any atom is -0.456 e. The van der Waals surface area contributed by atoms with Gasteiger partial charge in [-0.25, -0.2) is 9.59 Å². The van der Waals surface area contributed by atoms with Gasteiger partial charge < -0.3 is 44.3 Å². The summed E-state index contributed by atoms with van der Waals surface area (Å²) >= 11 is 0. The van der Waals surface area contributed by atoms with Gasteiger partial charge in [0.05, 0.1) is 35.6 Å². The van der Waals surface area contributed by atoms with Gasteiger partial charge in [-0.05, 0) is 49.1 Å². The number of hydrogen-bond acceptors (Lipinski definition) is 14. The summed E-state index contributed by atoms with van der Waals surface area (Å²) in [4.78, 5) is 82.5. The summed E-state index contributed by atoms with van der Waals surface area (Å²) in [6.45, 7) is 9.81. The summed E-state index contributed by atoms with van der Waals surface area (Å²) in [6, 6.07) is 14.9. The number of ketones is 1. The molecule has 1 aliphatic heterocycles. The monoisotopic (exact) mass is 819 g/mol. The zero-order valence-corrected chi connectivity index (χ0v) is 34.3. The number of nitrogens with one attached hydrogen (secondary N) is 1. The summed E-state index contributed by atoms with van der Waals surface area (Å²) in [6.07, 6.45) is -9.72. The normalized spacial score (nSPS) is 32.9. The Morgan fingerprint density at radius 1 is 0.932 bits per heavy atom. The lowest BCUT2D eigenvalue weighted by Crippen LogP contribution is -2.82. The van der Waals surface area contributed by atoms with Crippen LogP contribution in [-0.4, -0.2) is 105 Å². The van der Waals surface area contributed by atoms with Crippen LogP contribution in [0.5, 0.6) is 0 Å². The van der Waals surface area contributed by atoms with Crippen molar-refractivity contribution in [2.75, 3.05) is 6.61 Å². The van der Waals surface area contributed by atoms with Crippen molar-refractivity contribution in [3.63, 3.8) is 0 Å². The van der Waals surface area contributed by atoms with Gasteiger partial charge in [0.2, 0.25) is 5.91 Å². The van der Waals surface area contributed by atoms with E-state index in [-0.39, 0.29) is 36.2 Å². The van der Waals surface area contributed by atoms with E-state index >= 15 is 4.79 Å². The molecule has 318 valence electrons. The Morgan fingerprint density at radius 3 is 2.12 bits per heavy atom. The van der Waals surface area contributed by atoms with Crippen molar-refractivity contribution in [2.45, 2.75) is 128 Å². The second kappa shape index (κ2) is 16.2. The average Bonchev–Trinajstić information content (AvgIpc) is 3.18. The minimum absolute atomic E-state index is 0.00996. The number of aliphatic hydroxyl groups is 3. The predicted molar refractivity (Wildman–Crippen MR) is 207 cm³/mol. The Labute approximate surface area is 342 Å². The van der Waals surface area contributed by atoms with E-state index in [1.165, 1.54) is 26.0 Å². The van der Waals surface area contributed by atoms with Gasteiger partial charge in [0.25, 0.3) is 0 Å². The molecule has 15 nitrogen and oxygen atoms in total. The van der Waals surface area contributed by atoms with Crippen molar-refractivity contribution >= 4 is 35.6 Å². The van der Waals surface area contributed by atoms with E-state index in [9.17, 15) is 39.3 Å². The molecule has 15 heteroatoms. The molecule has 1 amide bonds. The van der Waals surface area contributed by atoms with Crippen molar-refractivity contribution in [3.05, 3.63) is 82.9 Å². The van der Waals surface area contributed by atoms with Crippen LogP contribution in [0.25, 0.3) is 0 Å². The molecule has 0 radical (unpaired) electrons. The van der Waals surface area contributed by atoms with Crippen LogP contribution in [0.15, 0.2) is 71.8 Å². The fourth-order valence-electron chi connectivity index (χ4n) is 9.84. The van der Waals surface area contributed by atoms with Crippen molar-refractivity contribution in [1.29, 1.82) is 0 Å². The number of hydrogen-bond donors (Lipinski definition) is 4. The van der Waals surface area contributed by atoms with Gasteiger partial charge in [0, 0.05) is 38.5 Å². The molecule has 6 rings (SSSR count). The second-order valence-electron chi connectivity index (χ2n) is 16.8. The number of carbonyl (C=O) groups is 6. The third-order valence-electron chi connectivity index (χ3n) is 13.0. The molecule has 2 bridgehead atoms. The second-order valence-corrected chi connectivity index (χ2v) is 16.8. The number of amides is 1. The van der Waals surface area contributed by atoms with E-state index in [4.69, 9.17) is 23.7 Å². The number of esters is 4. The Hall–Kier alpha value is -4.96. The van der Waals surface area contributed by atoms with Crippen LogP contribution in [0.3, 0.4) is 0 Å². The first-order valence-electron chi connectivity index (χ1n) is 19.9. The fourth-order valence-corrected chi connectivity index (χ4v) is 9.84. The molecule has 2 saturated carbocycles. The van der Waals surface area contributed by atoms with Crippen LogP contribution in [0, 0.1) is 16.7 Å². The van der Waals surface area contributed by atoms with Crippen LogP contribution >= 0.6 is 0 Å². The number of fused-ring (bicyclic) bond motifs is 5. The summed E-state index contributed by atoms with van der Waals surface area (Å²) in [5.41, 5.74) is -7.13. The van der Waals surface area contributed by atoms with E-state index in [2.05, 4.69) is 5.32 Å². The maximum Gasteiger partial charge on any atom is 0.338 e. The number of ether oxygens (including phenoxy) is 5. The maximum absolute atomic E-state index is 15.4.